The minimum absolute atomic E-state index is 0.853. The van der Waals surface area contributed by atoms with Gasteiger partial charge < -0.3 is 15.5 Å². The Bertz CT molecular complexity index is 518. The maximum Gasteiger partial charge on any atom is 0.190 e. The second-order valence-electron chi connectivity index (χ2n) is 7.45. The molecule has 0 aromatic carbocycles. The molecule has 142 valence electrons. The summed E-state index contributed by atoms with van der Waals surface area (Å²) in [5, 5.41) is 7.98. The second kappa shape index (κ2) is 10.8. The van der Waals surface area contributed by atoms with Gasteiger partial charge in [0.05, 0.1) is 5.01 Å². The lowest BCUT2D eigenvalue weighted by Gasteiger charge is -2.34. The van der Waals surface area contributed by atoms with E-state index in [9.17, 15) is 0 Å². The number of rotatable bonds is 8. The zero-order valence-electron chi connectivity index (χ0n) is 16.3. The molecule has 0 bridgehead atoms. The van der Waals surface area contributed by atoms with Crippen LogP contribution in [-0.2, 0) is 6.42 Å². The van der Waals surface area contributed by atoms with Gasteiger partial charge >= 0.3 is 0 Å². The van der Waals surface area contributed by atoms with E-state index in [4.69, 9.17) is 0 Å². The second-order valence-corrected chi connectivity index (χ2v) is 8.77. The standard InChI is InChI=1S/C19H35N5S/c1-15-11-16(2)14-24(13-15)10-6-5-8-21-19(20-4)22-9-7-18-23-12-17(3)25-18/h12,15-16H,5-11,13-14H2,1-4H3,(H2,20,21,22). The van der Waals surface area contributed by atoms with Gasteiger partial charge in [-0.1, -0.05) is 13.8 Å². The quantitative estimate of drug-likeness (QED) is 0.422. The number of piperidine rings is 1. The summed E-state index contributed by atoms with van der Waals surface area (Å²) in [6.45, 7) is 12.5. The van der Waals surface area contributed by atoms with Gasteiger partial charge in [0.25, 0.3) is 0 Å². The van der Waals surface area contributed by atoms with Crippen molar-refractivity contribution in [1.82, 2.24) is 20.5 Å². The number of nitrogens with zero attached hydrogens (tertiary/aromatic N) is 3. The first kappa shape index (κ1) is 20.2. The topological polar surface area (TPSA) is 52.6 Å². The minimum Gasteiger partial charge on any atom is -0.356 e. The Kier molecular flexibility index (Phi) is 8.68. The van der Waals surface area contributed by atoms with E-state index in [1.165, 1.54) is 48.8 Å². The number of guanidine groups is 1. The highest BCUT2D eigenvalue weighted by Gasteiger charge is 2.20. The van der Waals surface area contributed by atoms with Crippen LogP contribution >= 0.6 is 11.3 Å². The molecule has 0 radical (unpaired) electrons. The minimum atomic E-state index is 0.853. The number of thiazole rings is 1. The van der Waals surface area contributed by atoms with Crippen LogP contribution in [0.3, 0.4) is 0 Å². The maximum absolute atomic E-state index is 4.39. The van der Waals surface area contributed by atoms with Crippen LogP contribution in [0.15, 0.2) is 11.2 Å². The summed E-state index contributed by atoms with van der Waals surface area (Å²) in [5.41, 5.74) is 0. The molecule has 25 heavy (non-hydrogen) atoms. The average molecular weight is 366 g/mol. The van der Waals surface area contributed by atoms with Gasteiger partial charge in [0.2, 0.25) is 0 Å². The third-order valence-electron chi connectivity index (χ3n) is 4.66. The number of unbranched alkanes of at least 4 members (excludes halogenated alkanes) is 1. The zero-order valence-corrected chi connectivity index (χ0v) is 17.2. The molecule has 0 aliphatic carbocycles. The first-order valence-electron chi connectivity index (χ1n) is 9.65. The molecule has 0 spiro atoms. The van der Waals surface area contributed by atoms with Crippen LogP contribution in [0.1, 0.15) is 43.0 Å². The molecular formula is C19H35N5S. The Hall–Kier alpha value is -1.14. The van der Waals surface area contributed by atoms with Crippen molar-refractivity contribution in [3.8, 4) is 0 Å². The summed E-state index contributed by atoms with van der Waals surface area (Å²) in [5.74, 6) is 2.60. The molecule has 2 N–H and O–H groups in total. The Balaban J connectivity index is 1.53. The molecule has 1 fully saturated rings. The van der Waals surface area contributed by atoms with E-state index in [0.29, 0.717) is 0 Å². The highest BCUT2D eigenvalue weighted by atomic mass is 32.1. The summed E-state index contributed by atoms with van der Waals surface area (Å²) in [4.78, 5) is 12.6. The lowest BCUT2D eigenvalue weighted by Crippen LogP contribution is -2.40. The van der Waals surface area contributed by atoms with Crippen LogP contribution in [0.5, 0.6) is 0 Å². The number of hydrogen-bond donors (Lipinski definition) is 2. The van der Waals surface area contributed by atoms with Crippen molar-refractivity contribution in [2.45, 2.75) is 46.5 Å². The largest absolute Gasteiger partial charge is 0.356 e. The highest BCUT2D eigenvalue weighted by molar-refractivity contribution is 7.11. The van der Waals surface area contributed by atoms with Crippen LogP contribution in [0.4, 0.5) is 0 Å². The molecule has 0 saturated carbocycles. The third-order valence-corrected chi connectivity index (χ3v) is 5.63. The first-order valence-corrected chi connectivity index (χ1v) is 10.5. The Labute approximate surface area is 157 Å². The molecule has 1 aromatic heterocycles. The maximum atomic E-state index is 4.39. The Morgan fingerprint density at radius 2 is 1.96 bits per heavy atom. The van der Waals surface area contributed by atoms with E-state index in [0.717, 1.165) is 37.3 Å². The molecule has 1 aromatic rings. The SMILES string of the molecule is CN=C(NCCCCN1CC(C)CC(C)C1)NCCc1ncc(C)s1. The van der Waals surface area contributed by atoms with Crippen LogP contribution in [0.2, 0.25) is 0 Å². The van der Waals surface area contributed by atoms with Crippen molar-refractivity contribution in [2.75, 3.05) is 39.8 Å². The van der Waals surface area contributed by atoms with Crippen molar-refractivity contribution in [3.63, 3.8) is 0 Å². The molecule has 2 rings (SSSR count). The van der Waals surface area contributed by atoms with E-state index >= 15 is 0 Å². The Morgan fingerprint density at radius 1 is 1.24 bits per heavy atom. The van der Waals surface area contributed by atoms with Crippen LogP contribution in [0.25, 0.3) is 0 Å². The molecule has 1 aliphatic heterocycles. The summed E-state index contributed by atoms with van der Waals surface area (Å²) >= 11 is 1.77. The summed E-state index contributed by atoms with van der Waals surface area (Å²) in [6.07, 6.45) is 6.72. The monoisotopic (exact) mass is 365 g/mol. The van der Waals surface area contributed by atoms with Gasteiger partial charge in [0.1, 0.15) is 0 Å². The number of aliphatic imine (C=N–C) groups is 1. The van der Waals surface area contributed by atoms with Crippen LogP contribution in [-0.4, -0.2) is 55.6 Å². The molecule has 2 unspecified atom stereocenters. The lowest BCUT2D eigenvalue weighted by atomic mass is 9.92. The van der Waals surface area contributed by atoms with E-state index in [2.05, 4.69) is 46.3 Å². The molecule has 6 heteroatoms. The number of nitrogens with one attached hydrogen (secondary N) is 2. The fraction of sp³-hybridized carbons (Fsp3) is 0.789. The predicted molar refractivity (Wildman–Crippen MR) is 109 cm³/mol. The molecule has 5 nitrogen and oxygen atoms in total. The molecule has 2 atom stereocenters. The van der Waals surface area contributed by atoms with E-state index in [1.54, 1.807) is 11.3 Å². The average Bonchev–Trinajstić information content (AvgIpc) is 2.97. The number of aryl methyl sites for hydroxylation is 1. The van der Waals surface area contributed by atoms with Gasteiger partial charge in [-0.05, 0) is 44.6 Å². The van der Waals surface area contributed by atoms with Gasteiger partial charge in [0, 0.05) is 50.7 Å². The number of likely N-dealkylation sites (tertiary alicyclic amines) is 1. The van der Waals surface area contributed by atoms with Crippen molar-refractivity contribution < 1.29 is 0 Å². The predicted octanol–water partition coefficient (Wildman–Crippen LogP) is 2.92. The summed E-state index contributed by atoms with van der Waals surface area (Å²) in [6, 6.07) is 0. The third kappa shape index (κ3) is 7.74. The van der Waals surface area contributed by atoms with E-state index in [-0.39, 0.29) is 0 Å². The van der Waals surface area contributed by atoms with Crippen molar-refractivity contribution in [1.29, 1.82) is 0 Å². The van der Waals surface area contributed by atoms with Crippen molar-refractivity contribution >= 4 is 17.3 Å². The van der Waals surface area contributed by atoms with Gasteiger partial charge in [-0.25, -0.2) is 4.98 Å². The highest BCUT2D eigenvalue weighted by Crippen LogP contribution is 2.20. The molecule has 2 heterocycles. The van der Waals surface area contributed by atoms with Crippen molar-refractivity contribution in [3.05, 3.63) is 16.1 Å². The fourth-order valence-electron chi connectivity index (χ4n) is 3.67. The summed E-state index contributed by atoms with van der Waals surface area (Å²) < 4.78 is 0. The van der Waals surface area contributed by atoms with Gasteiger partial charge in [-0.15, -0.1) is 11.3 Å². The Morgan fingerprint density at radius 3 is 2.60 bits per heavy atom. The molecule has 1 aliphatic rings. The van der Waals surface area contributed by atoms with Gasteiger partial charge in [-0.3, -0.25) is 4.99 Å². The smallest absolute Gasteiger partial charge is 0.190 e. The van der Waals surface area contributed by atoms with Gasteiger partial charge in [-0.2, -0.15) is 0 Å². The summed E-state index contributed by atoms with van der Waals surface area (Å²) in [7, 11) is 1.83. The molecule has 0 amide bonds. The van der Waals surface area contributed by atoms with E-state index in [1.807, 2.05) is 13.2 Å². The van der Waals surface area contributed by atoms with E-state index < -0.39 is 0 Å². The van der Waals surface area contributed by atoms with Crippen molar-refractivity contribution in [2.24, 2.45) is 16.8 Å². The molecule has 1 saturated heterocycles. The molecular weight excluding hydrogens is 330 g/mol. The lowest BCUT2D eigenvalue weighted by molar-refractivity contribution is 0.139. The normalized spacial score (nSPS) is 22.2. The van der Waals surface area contributed by atoms with Gasteiger partial charge in [0.15, 0.2) is 5.96 Å². The van der Waals surface area contributed by atoms with Crippen LogP contribution in [0, 0.1) is 18.8 Å². The number of hydrogen-bond acceptors (Lipinski definition) is 4. The number of aromatic nitrogens is 1. The first-order chi connectivity index (χ1) is 12.1. The fourth-order valence-corrected chi connectivity index (χ4v) is 4.45. The van der Waals surface area contributed by atoms with Crippen LogP contribution < -0.4 is 10.6 Å². The zero-order chi connectivity index (χ0) is 18.1.